The Balaban J connectivity index is 2.02. The number of para-hydroxylation sites is 1. The van der Waals surface area contributed by atoms with Crippen LogP contribution in [-0.2, 0) is 0 Å². The molecule has 0 aliphatic heterocycles. The third kappa shape index (κ3) is 2.07. The fraction of sp³-hybridized carbons (Fsp3) is 0. The minimum absolute atomic E-state index is 0.000150. The molecule has 0 atom stereocenters. The predicted molar refractivity (Wildman–Crippen MR) is 92.9 cm³/mol. The summed E-state index contributed by atoms with van der Waals surface area (Å²) in [6.07, 6.45) is 0. The lowest BCUT2D eigenvalue weighted by Gasteiger charge is -2.07. The summed E-state index contributed by atoms with van der Waals surface area (Å²) >= 11 is 1.61. The number of benzene rings is 2. The van der Waals surface area contributed by atoms with E-state index in [0.717, 1.165) is 15.9 Å². The van der Waals surface area contributed by atoms with Gasteiger partial charge in [-0.15, -0.1) is 11.3 Å². The van der Waals surface area contributed by atoms with Crippen LogP contribution in [0.2, 0.25) is 0 Å². The van der Waals surface area contributed by atoms with E-state index in [9.17, 15) is 4.79 Å². The highest BCUT2D eigenvalue weighted by Crippen LogP contribution is 2.33. The van der Waals surface area contributed by atoms with E-state index in [1.807, 2.05) is 54.6 Å². The molecule has 0 unspecified atom stereocenters. The van der Waals surface area contributed by atoms with Crippen molar-refractivity contribution in [1.29, 1.82) is 0 Å². The monoisotopic (exact) mass is 303 g/mol. The van der Waals surface area contributed by atoms with Gasteiger partial charge < -0.3 is 0 Å². The van der Waals surface area contributed by atoms with Gasteiger partial charge in [-0.1, -0.05) is 48.5 Å². The number of aromatic nitrogens is 1. The molecule has 4 rings (SSSR count). The topological polar surface area (TPSA) is 22.0 Å². The molecule has 2 aromatic carbocycles. The Hall–Kier alpha value is -2.65. The number of pyridine rings is 1. The second-order valence-corrected chi connectivity index (χ2v) is 5.93. The maximum Gasteiger partial charge on any atom is 0.256 e. The third-order valence-electron chi connectivity index (χ3n) is 3.72. The number of hydrogen-bond acceptors (Lipinski definition) is 2. The van der Waals surface area contributed by atoms with E-state index in [1.54, 1.807) is 22.0 Å². The Bertz CT molecular complexity index is 984. The summed E-state index contributed by atoms with van der Waals surface area (Å²) in [5.41, 5.74) is 3.25. The van der Waals surface area contributed by atoms with Gasteiger partial charge in [0.05, 0.1) is 5.69 Å². The molecular formula is C19H13NOS. The molecule has 0 saturated heterocycles. The molecule has 4 aromatic rings. The van der Waals surface area contributed by atoms with Gasteiger partial charge in [-0.2, -0.15) is 0 Å². The average Bonchev–Trinajstić information content (AvgIpc) is 3.00. The highest BCUT2D eigenvalue weighted by atomic mass is 32.1. The van der Waals surface area contributed by atoms with Crippen LogP contribution in [0.4, 0.5) is 0 Å². The first-order valence-electron chi connectivity index (χ1n) is 7.09. The van der Waals surface area contributed by atoms with Crippen LogP contribution in [0.15, 0.2) is 83.0 Å². The first-order chi connectivity index (χ1) is 10.8. The van der Waals surface area contributed by atoms with E-state index in [-0.39, 0.29) is 5.56 Å². The molecule has 3 heteroatoms. The minimum atomic E-state index is 0.000150. The first kappa shape index (κ1) is 13.0. The lowest BCUT2D eigenvalue weighted by Crippen LogP contribution is -2.16. The van der Waals surface area contributed by atoms with E-state index >= 15 is 0 Å². The van der Waals surface area contributed by atoms with Crippen molar-refractivity contribution in [2.75, 3.05) is 0 Å². The Kier molecular flexibility index (Phi) is 3.13. The standard InChI is InChI=1S/C19H13NOS/c21-18-12-11-16-17(14-7-3-1-4-8-14)13-22-19(16)20(18)15-9-5-2-6-10-15/h1-13H. The average molecular weight is 303 g/mol. The number of nitrogens with zero attached hydrogens (tertiary/aromatic N) is 1. The second-order valence-electron chi connectivity index (χ2n) is 5.08. The van der Waals surface area contributed by atoms with Gasteiger partial charge in [0.25, 0.3) is 5.56 Å². The molecule has 0 amide bonds. The van der Waals surface area contributed by atoms with E-state index in [2.05, 4.69) is 17.5 Å². The van der Waals surface area contributed by atoms with Gasteiger partial charge in [-0.05, 0) is 23.8 Å². The highest BCUT2D eigenvalue weighted by Gasteiger charge is 2.11. The summed E-state index contributed by atoms with van der Waals surface area (Å²) in [6, 6.07) is 23.6. The summed E-state index contributed by atoms with van der Waals surface area (Å²) in [7, 11) is 0. The Morgan fingerprint density at radius 3 is 2.18 bits per heavy atom. The molecule has 2 nitrogen and oxygen atoms in total. The van der Waals surface area contributed by atoms with Crippen LogP contribution < -0.4 is 5.56 Å². The van der Waals surface area contributed by atoms with Crippen LogP contribution >= 0.6 is 11.3 Å². The van der Waals surface area contributed by atoms with E-state index < -0.39 is 0 Å². The molecule has 0 bridgehead atoms. The first-order valence-corrected chi connectivity index (χ1v) is 7.97. The predicted octanol–water partition coefficient (Wildman–Crippen LogP) is 4.72. The van der Waals surface area contributed by atoms with E-state index in [4.69, 9.17) is 0 Å². The highest BCUT2D eigenvalue weighted by molar-refractivity contribution is 7.17. The molecule has 2 heterocycles. The Morgan fingerprint density at radius 1 is 0.773 bits per heavy atom. The number of fused-ring (bicyclic) bond motifs is 1. The van der Waals surface area contributed by atoms with Crippen LogP contribution in [0.5, 0.6) is 0 Å². The molecule has 0 N–H and O–H groups in total. The van der Waals surface area contributed by atoms with Gasteiger partial charge in [0.2, 0.25) is 0 Å². The van der Waals surface area contributed by atoms with Crippen LogP contribution in [0.1, 0.15) is 0 Å². The molecule has 0 aliphatic carbocycles. The quantitative estimate of drug-likeness (QED) is 0.525. The fourth-order valence-corrected chi connectivity index (χ4v) is 3.78. The Morgan fingerprint density at radius 2 is 1.45 bits per heavy atom. The normalized spacial score (nSPS) is 10.9. The third-order valence-corrected chi connectivity index (χ3v) is 4.70. The lowest BCUT2D eigenvalue weighted by atomic mass is 10.1. The molecular weight excluding hydrogens is 290 g/mol. The summed E-state index contributed by atoms with van der Waals surface area (Å²) < 4.78 is 1.78. The van der Waals surface area contributed by atoms with Crippen molar-refractivity contribution in [3.63, 3.8) is 0 Å². The van der Waals surface area contributed by atoms with Gasteiger partial charge in [0.1, 0.15) is 4.83 Å². The van der Waals surface area contributed by atoms with Crippen LogP contribution in [0, 0.1) is 0 Å². The van der Waals surface area contributed by atoms with Crippen molar-refractivity contribution in [3.8, 4) is 16.8 Å². The molecule has 22 heavy (non-hydrogen) atoms. The zero-order valence-corrected chi connectivity index (χ0v) is 12.6. The van der Waals surface area contributed by atoms with Gasteiger partial charge in [0, 0.05) is 22.4 Å². The molecule has 0 fully saturated rings. The van der Waals surface area contributed by atoms with Gasteiger partial charge >= 0.3 is 0 Å². The van der Waals surface area contributed by atoms with Crippen LogP contribution in [0.3, 0.4) is 0 Å². The van der Waals surface area contributed by atoms with Gasteiger partial charge in [-0.3, -0.25) is 9.36 Å². The molecule has 0 aliphatic rings. The van der Waals surface area contributed by atoms with Crippen molar-refractivity contribution in [3.05, 3.63) is 88.5 Å². The maximum atomic E-state index is 12.3. The van der Waals surface area contributed by atoms with Crippen molar-refractivity contribution in [1.82, 2.24) is 4.57 Å². The number of thiophene rings is 1. The van der Waals surface area contributed by atoms with Crippen LogP contribution in [-0.4, -0.2) is 4.57 Å². The molecule has 2 aromatic heterocycles. The molecule has 0 saturated carbocycles. The van der Waals surface area contributed by atoms with Gasteiger partial charge in [-0.25, -0.2) is 0 Å². The largest absolute Gasteiger partial charge is 0.269 e. The summed E-state index contributed by atoms with van der Waals surface area (Å²) in [5.74, 6) is 0. The maximum absolute atomic E-state index is 12.3. The number of hydrogen-bond donors (Lipinski definition) is 0. The SMILES string of the molecule is O=c1ccc2c(-c3ccccc3)csc2n1-c1ccccc1. The van der Waals surface area contributed by atoms with Crippen molar-refractivity contribution in [2.24, 2.45) is 0 Å². The molecule has 0 radical (unpaired) electrons. The van der Waals surface area contributed by atoms with Gasteiger partial charge in [0.15, 0.2) is 0 Å². The zero-order valence-electron chi connectivity index (χ0n) is 11.8. The van der Waals surface area contributed by atoms with E-state index in [0.29, 0.717) is 0 Å². The fourth-order valence-electron chi connectivity index (χ4n) is 2.68. The van der Waals surface area contributed by atoms with Crippen molar-refractivity contribution >= 4 is 21.6 Å². The number of rotatable bonds is 2. The second kappa shape index (κ2) is 5.28. The zero-order chi connectivity index (χ0) is 14.9. The van der Waals surface area contributed by atoms with E-state index in [1.165, 1.54) is 11.1 Å². The minimum Gasteiger partial charge on any atom is -0.269 e. The summed E-state index contributed by atoms with van der Waals surface area (Å²) in [6.45, 7) is 0. The Labute approximate surface area is 131 Å². The molecule has 106 valence electrons. The summed E-state index contributed by atoms with van der Waals surface area (Å²) in [4.78, 5) is 13.3. The van der Waals surface area contributed by atoms with Crippen LogP contribution in [0.25, 0.3) is 27.0 Å². The lowest BCUT2D eigenvalue weighted by molar-refractivity contribution is 1.06. The summed E-state index contributed by atoms with van der Waals surface area (Å²) in [5, 5.41) is 3.23. The molecule has 0 spiro atoms. The van der Waals surface area contributed by atoms with Crippen molar-refractivity contribution in [2.45, 2.75) is 0 Å². The van der Waals surface area contributed by atoms with Crippen molar-refractivity contribution < 1.29 is 0 Å². The smallest absolute Gasteiger partial charge is 0.256 e.